The van der Waals surface area contributed by atoms with Crippen LogP contribution in [0.4, 0.5) is 0 Å². The van der Waals surface area contributed by atoms with Crippen molar-refractivity contribution in [3.05, 3.63) is 134 Å². The van der Waals surface area contributed by atoms with E-state index in [-0.39, 0.29) is 0 Å². The highest BCUT2D eigenvalue weighted by Gasteiger charge is 2.15. The van der Waals surface area contributed by atoms with Crippen LogP contribution in [0.25, 0.3) is 87.5 Å². The standard InChI is InChI=1S/C38H22N4/c1-2-10-33-30(8-1)34(31-16-15-23-6-3-17-39-35(23)38(31)42-33)27-14-12-24-20-26(13-11-25(24)21-27)32-22-28-7-4-18-40-36(28)37-29(32)9-5-19-41-37/h1-22H. The van der Waals surface area contributed by atoms with Gasteiger partial charge in [-0.25, -0.2) is 4.98 Å². The summed E-state index contributed by atoms with van der Waals surface area (Å²) in [4.78, 5) is 19.1. The highest BCUT2D eigenvalue weighted by atomic mass is 14.7. The summed E-state index contributed by atoms with van der Waals surface area (Å²) in [6, 6.07) is 40.7. The van der Waals surface area contributed by atoms with Gasteiger partial charge in [0.05, 0.1) is 27.6 Å². The molecule has 0 saturated heterocycles. The number of aromatic nitrogens is 4. The number of hydrogen-bond donors (Lipinski definition) is 0. The molecule has 42 heavy (non-hydrogen) atoms. The van der Waals surface area contributed by atoms with Crippen molar-refractivity contribution in [3.63, 3.8) is 0 Å². The van der Waals surface area contributed by atoms with Crippen molar-refractivity contribution in [2.45, 2.75) is 0 Å². The maximum Gasteiger partial charge on any atom is 0.0978 e. The molecule has 0 spiro atoms. The monoisotopic (exact) mass is 534 g/mol. The number of para-hydroxylation sites is 1. The fraction of sp³-hybridized carbons (Fsp3) is 0. The Bertz CT molecular complexity index is 2530. The van der Waals surface area contributed by atoms with Crippen LogP contribution in [0.2, 0.25) is 0 Å². The number of fused-ring (bicyclic) bond motifs is 8. The molecule has 0 bridgehead atoms. The topological polar surface area (TPSA) is 51.6 Å². The Morgan fingerprint density at radius 2 is 1.02 bits per heavy atom. The molecule has 5 aromatic carbocycles. The highest BCUT2D eigenvalue weighted by molar-refractivity contribution is 6.16. The van der Waals surface area contributed by atoms with E-state index in [4.69, 9.17) is 15.0 Å². The van der Waals surface area contributed by atoms with Crippen LogP contribution in [0.15, 0.2) is 134 Å². The Kier molecular flexibility index (Phi) is 4.87. The zero-order chi connectivity index (χ0) is 27.6. The molecular weight excluding hydrogens is 512 g/mol. The SMILES string of the molecule is c1cnc2c(c1)cc(-c1ccc3cc(-c4c5ccccc5nc5c4ccc4cccnc45)ccc3c1)c1cccnc12. The lowest BCUT2D eigenvalue weighted by atomic mass is 9.92. The molecule has 0 aliphatic heterocycles. The van der Waals surface area contributed by atoms with Gasteiger partial charge >= 0.3 is 0 Å². The van der Waals surface area contributed by atoms with Gasteiger partial charge in [0.15, 0.2) is 0 Å². The third-order valence-corrected chi connectivity index (χ3v) is 8.32. The van der Waals surface area contributed by atoms with Crippen LogP contribution < -0.4 is 0 Å². The van der Waals surface area contributed by atoms with Gasteiger partial charge in [-0.3, -0.25) is 15.0 Å². The van der Waals surface area contributed by atoms with E-state index >= 15 is 0 Å². The van der Waals surface area contributed by atoms with Gasteiger partial charge in [0, 0.05) is 51.1 Å². The van der Waals surface area contributed by atoms with Gasteiger partial charge in [0.2, 0.25) is 0 Å². The molecule has 4 aromatic heterocycles. The molecule has 9 rings (SSSR count). The van der Waals surface area contributed by atoms with Crippen molar-refractivity contribution in [2.75, 3.05) is 0 Å². The van der Waals surface area contributed by atoms with E-state index < -0.39 is 0 Å². The second-order valence-corrected chi connectivity index (χ2v) is 10.7. The minimum atomic E-state index is 0.930. The second kappa shape index (κ2) is 8.88. The first kappa shape index (κ1) is 23.0. The first-order chi connectivity index (χ1) is 20.8. The van der Waals surface area contributed by atoms with Crippen molar-refractivity contribution in [2.24, 2.45) is 0 Å². The molecule has 0 aliphatic carbocycles. The lowest BCUT2D eigenvalue weighted by Gasteiger charge is -2.14. The molecule has 0 atom stereocenters. The molecular formula is C38H22N4. The minimum absolute atomic E-state index is 0.930. The van der Waals surface area contributed by atoms with Crippen LogP contribution >= 0.6 is 0 Å². The largest absolute Gasteiger partial charge is 0.254 e. The molecule has 4 heteroatoms. The zero-order valence-corrected chi connectivity index (χ0v) is 22.5. The minimum Gasteiger partial charge on any atom is -0.254 e. The molecule has 0 amide bonds. The van der Waals surface area contributed by atoms with Crippen LogP contribution in [0.3, 0.4) is 0 Å². The lowest BCUT2D eigenvalue weighted by molar-refractivity contribution is 1.37. The average molecular weight is 535 g/mol. The number of pyridine rings is 4. The van der Waals surface area contributed by atoms with Crippen LogP contribution in [0.5, 0.6) is 0 Å². The summed E-state index contributed by atoms with van der Waals surface area (Å²) in [5.41, 5.74) is 9.38. The van der Waals surface area contributed by atoms with Crippen molar-refractivity contribution in [3.8, 4) is 22.3 Å². The number of benzene rings is 5. The highest BCUT2D eigenvalue weighted by Crippen LogP contribution is 2.39. The van der Waals surface area contributed by atoms with Crippen molar-refractivity contribution >= 4 is 65.3 Å². The molecule has 0 aliphatic rings. The van der Waals surface area contributed by atoms with Gasteiger partial charge in [-0.2, -0.15) is 0 Å². The van der Waals surface area contributed by atoms with Gasteiger partial charge in [-0.05, 0) is 69.9 Å². The van der Waals surface area contributed by atoms with Crippen LogP contribution in [-0.4, -0.2) is 19.9 Å². The quantitative estimate of drug-likeness (QED) is 0.164. The molecule has 0 unspecified atom stereocenters. The summed E-state index contributed by atoms with van der Waals surface area (Å²) in [5, 5.41) is 7.92. The van der Waals surface area contributed by atoms with E-state index in [0.717, 1.165) is 65.6 Å². The molecule has 4 heterocycles. The number of rotatable bonds is 2. The lowest BCUT2D eigenvalue weighted by Crippen LogP contribution is -1.92. The normalized spacial score (nSPS) is 11.8. The van der Waals surface area contributed by atoms with Crippen molar-refractivity contribution < 1.29 is 0 Å². The number of nitrogens with zero attached hydrogens (tertiary/aromatic N) is 4. The van der Waals surface area contributed by atoms with E-state index in [9.17, 15) is 0 Å². The fourth-order valence-corrected chi connectivity index (χ4v) is 6.39. The summed E-state index contributed by atoms with van der Waals surface area (Å²) in [5.74, 6) is 0. The summed E-state index contributed by atoms with van der Waals surface area (Å²) >= 11 is 0. The summed E-state index contributed by atoms with van der Waals surface area (Å²) in [7, 11) is 0. The average Bonchev–Trinajstić information content (AvgIpc) is 3.06. The predicted molar refractivity (Wildman–Crippen MR) is 174 cm³/mol. The zero-order valence-electron chi connectivity index (χ0n) is 22.5. The van der Waals surface area contributed by atoms with Crippen LogP contribution in [0, 0.1) is 0 Å². The summed E-state index contributed by atoms with van der Waals surface area (Å²) in [6.07, 6.45) is 5.52. The van der Waals surface area contributed by atoms with Crippen molar-refractivity contribution in [1.82, 2.24) is 19.9 Å². The Hall–Kier alpha value is -5.74. The fourth-order valence-electron chi connectivity index (χ4n) is 6.39. The van der Waals surface area contributed by atoms with Crippen molar-refractivity contribution in [1.29, 1.82) is 0 Å². The molecule has 0 N–H and O–H groups in total. The third kappa shape index (κ3) is 3.42. The summed E-state index contributed by atoms with van der Waals surface area (Å²) in [6.45, 7) is 0. The van der Waals surface area contributed by atoms with E-state index in [1.54, 1.807) is 0 Å². The Morgan fingerprint density at radius 1 is 0.381 bits per heavy atom. The maximum absolute atomic E-state index is 5.07. The molecule has 0 fully saturated rings. The Balaban J connectivity index is 1.26. The molecule has 9 aromatic rings. The first-order valence-corrected chi connectivity index (χ1v) is 14.1. The molecule has 0 saturated carbocycles. The van der Waals surface area contributed by atoms with E-state index in [1.165, 1.54) is 21.9 Å². The summed E-state index contributed by atoms with van der Waals surface area (Å²) < 4.78 is 0. The van der Waals surface area contributed by atoms with Crippen LogP contribution in [-0.2, 0) is 0 Å². The van der Waals surface area contributed by atoms with Gasteiger partial charge in [-0.1, -0.05) is 72.8 Å². The Labute approximate surface area is 241 Å². The van der Waals surface area contributed by atoms with Crippen LogP contribution in [0.1, 0.15) is 0 Å². The molecule has 4 nitrogen and oxygen atoms in total. The predicted octanol–water partition coefficient (Wildman–Crippen LogP) is 9.52. The second-order valence-electron chi connectivity index (χ2n) is 10.7. The molecule has 0 radical (unpaired) electrons. The van der Waals surface area contributed by atoms with E-state index in [0.29, 0.717) is 0 Å². The maximum atomic E-state index is 5.07. The first-order valence-electron chi connectivity index (χ1n) is 14.1. The molecule has 194 valence electrons. The van der Waals surface area contributed by atoms with Gasteiger partial charge in [0.25, 0.3) is 0 Å². The van der Waals surface area contributed by atoms with E-state index in [1.807, 2.05) is 42.9 Å². The third-order valence-electron chi connectivity index (χ3n) is 8.32. The van der Waals surface area contributed by atoms with Gasteiger partial charge in [0.1, 0.15) is 0 Å². The smallest absolute Gasteiger partial charge is 0.0978 e. The Morgan fingerprint density at radius 3 is 1.88 bits per heavy atom. The van der Waals surface area contributed by atoms with Gasteiger partial charge in [-0.15, -0.1) is 0 Å². The number of hydrogen-bond acceptors (Lipinski definition) is 4. The van der Waals surface area contributed by atoms with Gasteiger partial charge < -0.3 is 0 Å². The van der Waals surface area contributed by atoms with E-state index in [2.05, 4.69) is 96.0 Å².